The Morgan fingerprint density at radius 1 is 1.47 bits per heavy atom. The molecule has 0 bridgehead atoms. The fraction of sp³-hybridized carbons (Fsp3) is 0.200. The van der Waals surface area contributed by atoms with E-state index in [0.29, 0.717) is 12.6 Å². The van der Waals surface area contributed by atoms with Gasteiger partial charge in [-0.25, -0.2) is 0 Å². The third-order valence-corrected chi connectivity index (χ3v) is 1.86. The maximum absolute atomic E-state index is 5.28. The summed E-state index contributed by atoms with van der Waals surface area (Å²) in [5.41, 5.74) is 1.70. The topological polar surface area (TPSA) is 62.8 Å². The molecule has 2 heterocycles. The largest absolute Gasteiger partial charge is 0.461 e. The van der Waals surface area contributed by atoms with Crippen molar-refractivity contribution in [3.05, 3.63) is 30.5 Å². The molecule has 15 heavy (non-hydrogen) atoms. The van der Waals surface area contributed by atoms with Crippen molar-refractivity contribution in [2.24, 2.45) is 0 Å². The van der Waals surface area contributed by atoms with Gasteiger partial charge in [0.05, 0.1) is 11.4 Å². The molecule has 0 radical (unpaired) electrons. The van der Waals surface area contributed by atoms with Gasteiger partial charge in [0.25, 0.3) is 0 Å². The summed E-state index contributed by atoms with van der Waals surface area (Å²) in [5, 5.41) is 9.74. The molecule has 5 nitrogen and oxygen atoms in total. The van der Waals surface area contributed by atoms with E-state index in [4.69, 9.17) is 4.74 Å². The number of aromatic nitrogens is 3. The number of nitrogens with zero attached hydrogens (tertiary/aromatic N) is 2. The molecule has 0 spiro atoms. The highest BCUT2D eigenvalue weighted by molar-refractivity contribution is 5.54. The summed E-state index contributed by atoms with van der Waals surface area (Å²) in [6.07, 6.45) is 1.74. The van der Waals surface area contributed by atoms with E-state index in [1.807, 2.05) is 31.3 Å². The Kier molecular flexibility index (Phi) is 2.94. The monoisotopic (exact) mass is 204 g/mol. The van der Waals surface area contributed by atoms with Gasteiger partial charge < -0.3 is 4.74 Å². The standard InChI is InChI=1S/C10H12N4O/c1-11-7-15-10-6-9(13-14-10)8-4-2-3-5-12-8/h2-6,11H,7H2,1H3,(H,13,14). The minimum Gasteiger partial charge on any atom is -0.461 e. The zero-order chi connectivity index (χ0) is 10.5. The summed E-state index contributed by atoms with van der Waals surface area (Å²) >= 11 is 0. The van der Waals surface area contributed by atoms with Crippen LogP contribution in [-0.4, -0.2) is 29.0 Å². The van der Waals surface area contributed by atoms with Crippen LogP contribution in [0.25, 0.3) is 11.4 Å². The van der Waals surface area contributed by atoms with Crippen LogP contribution in [0.3, 0.4) is 0 Å². The molecule has 0 fully saturated rings. The Bertz CT molecular complexity index is 412. The first kappa shape index (κ1) is 9.67. The third-order valence-electron chi connectivity index (χ3n) is 1.86. The minimum atomic E-state index is 0.437. The van der Waals surface area contributed by atoms with E-state index < -0.39 is 0 Å². The van der Waals surface area contributed by atoms with Crippen LogP contribution in [-0.2, 0) is 0 Å². The van der Waals surface area contributed by atoms with Crippen molar-refractivity contribution in [3.63, 3.8) is 0 Å². The molecule has 0 saturated heterocycles. The molecule has 0 aliphatic carbocycles. The fourth-order valence-corrected chi connectivity index (χ4v) is 1.18. The molecule has 2 aromatic heterocycles. The number of nitrogens with one attached hydrogen (secondary N) is 2. The van der Waals surface area contributed by atoms with Gasteiger partial charge in [-0.2, -0.15) is 0 Å². The van der Waals surface area contributed by atoms with Crippen LogP contribution in [0, 0.1) is 0 Å². The second-order valence-electron chi connectivity index (χ2n) is 2.98. The lowest BCUT2D eigenvalue weighted by Crippen LogP contribution is -2.14. The molecule has 0 unspecified atom stereocenters. The number of hydrogen-bond donors (Lipinski definition) is 2. The molecular formula is C10H12N4O. The number of hydrogen-bond acceptors (Lipinski definition) is 4. The van der Waals surface area contributed by atoms with Crippen LogP contribution >= 0.6 is 0 Å². The zero-order valence-corrected chi connectivity index (χ0v) is 8.40. The van der Waals surface area contributed by atoms with Gasteiger partial charge >= 0.3 is 0 Å². The minimum absolute atomic E-state index is 0.437. The molecule has 0 aromatic carbocycles. The molecule has 78 valence electrons. The van der Waals surface area contributed by atoms with Crippen LogP contribution in [0.2, 0.25) is 0 Å². The van der Waals surface area contributed by atoms with E-state index in [1.54, 1.807) is 6.20 Å². The van der Waals surface area contributed by atoms with E-state index in [9.17, 15) is 0 Å². The molecule has 0 saturated carbocycles. The summed E-state index contributed by atoms with van der Waals surface area (Å²) in [6, 6.07) is 7.53. The predicted octanol–water partition coefficient (Wildman–Crippen LogP) is 1.03. The maximum Gasteiger partial charge on any atom is 0.234 e. The van der Waals surface area contributed by atoms with Gasteiger partial charge in [0.1, 0.15) is 6.73 Å². The Morgan fingerprint density at radius 3 is 3.13 bits per heavy atom. The average Bonchev–Trinajstić information content (AvgIpc) is 2.76. The molecule has 0 atom stereocenters. The zero-order valence-electron chi connectivity index (χ0n) is 8.40. The first-order valence-electron chi connectivity index (χ1n) is 4.64. The number of rotatable bonds is 4. The predicted molar refractivity (Wildman–Crippen MR) is 56.4 cm³/mol. The lowest BCUT2D eigenvalue weighted by atomic mass is 10.3. The highest BCUT2D eigenvalue weighted by atomic mass is 16.5. The molecule has 0 aliphatic rings. The van der Waals surface area contributed by atoms with Gasteiger partial charge in [-0.1, -0.05) is 6.07 Å². The molecule has 2 N–H and O–H groups in total. The lowest BCUT2D eigenvalue weighted by molar-refractivity contribution is 0.284. The molecule has 5 heteroatoms. The first-order chi connectivity index (χ1) is 7.40. The molecule has 0 amide bonds. The molecular weight excluding hydrogens is 192 g/mol. The molecule has 0 aliphatic heterocycles. The summed E-state index contributed by atoms with van der Waals surface area (Å²) in [7, 11) is 1.81. The fourth-order valence-electron chi connectivity index (χ4n) is 1.18. The van der Waals surface area contributed by atoms with Gasteiger partial charge in [-0.05, 0) is 19.2 Å². The number of ether oxygens (including phenoxy) is 1. The Hall–Kier alpha value is -1.88. The van der Waals surface area contributed by atoms with Crippen molar-refractivity contribution < 1.29 is 4.74 Å². The van der Waals surface area contributed by atoms with Crippen molar-refractivity contribution in [1.29, 1.82) is 0 Å². The van der Waals surface area contributed by atoms with Gasteiger partial charge in [0.2, 0.25) is 5.88 Å². The van der Waals surface area contributed by atoms with Crippen molar-refractivity contribution in [3.8, 4) is 17.3 Å². The highest BCUT2D eigenvalue weighted by Crippen LogP contribution is 2.17. The van der Waals surface area contributed by atoms with Crippen molar-refractivity contribution in [2.75, 3.05) is 13.8 Å². The summed E-state index contributed by atoms with van der Waals surface area (Å²) in [5.74, 6) is 0.560. The smallest absolute Gasteiger partial charge is 0.234 e. The third kappa shape index (κ3) is 2.32. The van der Waals surface area contributed by atoms with Crippen LogP contribution < -0.4 is 10.1 Å². The maximum atomic E-state index is 5.28. The van der Waals surface area contributed by atoms with Crippen molar-refractivity contribution in [2.45, 2.75) is 0 Å². The Morgan fingerprint density at radius 2 is 2.40 bits per heavy atom. The number of aromatic amines is 1. The van der Waals surface area contributed by atoms with E-state index >= 15 is 0 Å². The van der Waals surface area contributed by atoms with E-state index in [2.05, 4.69) is 20.5 Å². The average molecular weight is 204 g/mol. The van der Waals surface area contributed by atoms with Gasteiger partial charge in [0.15, 0.2) is 0 Å². The van der Waals surface area contributed by atoms with Crippen molar-refractivity contribution in [1.82, 2.24) is 20.5 Å². The molecule has 2 rings (SSSR count). The number of pyridine rings is 1. The summed E-state index contributed by atoms with van der Waals surface area (Å²) < 4.78 is 5.28. The summed E-state index contributed by atoms with van der Waals surface area (Å²) in [4.78, 5) is 4.20. The van der Waals surface area contributed by atoms with E-state index in [1.165, 1.54) is 0 Å². The second-order valence-corrected chi connectivity index (χ2v) is 2.98. The van der Waals surface area contributed by atoms with Gasteiger partial charge in [0, 0.05) is 12.3 Å². The van der Waals surface area contributed by atoms with Crippen LogP contribution in [0.4, 0.5) is 0 Å². The van der Waals surface area contributed by atoms with Gasteiger partial charge in [-0.15, -0.1) is 5.10 Å². The van der Waals surface area contributed by atoms with E-state index in [0.717, 1.165) is 11.4 Å². The van der Waals surface area contributed by atoms with Gasteiger partial charge in [-0.3, -0.25) is 15.4 Å². The van der Waals surface area contributed by atoms with Crippen LogP contribution in [0.15, 0.2) is 30.5 Å². The lowest BCUT2D eigenvalue weighted by Gasteiger charge is -1.98. The summed E-state index contributed by atoms with van der Waals surface area (Å²) in [6.45, 7) is 0.437. The Balaban J connectivity index is 2.14. The Labute approximate surface area is 87.5 Å². The quantitative estimate of drug-likeness (QED) is 0.730. The second kappa shape index (κ2) is 4.56. The SMILES string of the molecule is CNCOc1cc(-c2ccccn2)[nH]n1. The van der Waals surface area contributed by atoms with Crippen LogP contribution in [0.1, 0.15) is 0 Å². The molecule has 2 aromatic rings. The normalized spacial score (nSPS) is 10.2. The number of H-pyrrole nitrogens is 1. The van der Waals surface area contributed by atoms with Crippen molar-refractivity contribution >= 4 is 0 Å². The highest BCUT2D eigenvalue weighted by Gasteiger charge is 2.03. The van der Waals surface area contributed by atoms with Crippen LogP contribution in [0.5, 0.6) is 5.88 Å². The first-order valence-corrected chi connectivity index (χ1v) is 4.64. The van der Waals surface area contributed by atoms with E-state index in [-0.39, 0.29) is 0 Å².